The fraction of sp³-hybridized carbons (Fsp3) is 0.250. The standard InChI is InChI=1S/C28H28N6OS/c1-20-11-13-21(14-12-20)19-34-24-9-3-2-8-23(24)26-27(34)31-28(33-32-26)36-18-6-10-25(35)30-17-15-22-7-4-5-16-29-22/h2-5,7-9,11-14,16H,6,10,15,17-19H2,1H3,(H,30,35). The van der Waals surface area contributed by atoms with E-state index in [0.717, 1.165) is 46.4 Å². The van der Waals surface area contributed by atoms with Gasteiger partial charge in [-0.15, -0.1) is 10.2 Å². The summed E-state index contributed by atoms with van der Waals surface area (Å²) in [7, 11) is 0. The Morgan fingerprint density at radius 1 is 1.00 bits per heavy atom. The van der Waals surface area contributed by atoms with Gasteiger partial charge in [0.1, 0.15) is 5.52 Å². The first-order valence-electron chi connectivity index (χ1n) is 12.1. The maximum absolute atomic E-state index is 12.2. The summed E-state index contributed by atoms with van der Waals surface area (Å²) in [5.41, 5.74) is 6.18. The predicted octanol–water partition coefficient (Wildman–Crippen LogP) is 4.96. The van der Waals surface area contributed by atoms with Crippen LogP contribution >= 0.6 is 11.8 Å². The smallest absolute Gasteiger partial charge is 0.220 e. The first kappa shape index (κ1) is 23.9. The van der Waals surface area contributed by atoms with Crippen molar-refractivity contribution in [3.8, 4) is 0 Å². The van der Waals surface area contributed by atoms with Gasteiger partial charge in [-0.1, -0.05) is 65.9 Å². The van der Waals surface area contributed by atoms with Crippen molar-refractivity contribution in [2.75, 3.05) is 12.3 Å². The predicted molar refractivity (Wildman–Crippen MR) is 144 cm³/mol. The molecule has 0 spiro atoms. The van der Waals surface area contributed by atoms with Gasteiger partial charge in [-0.2, -0.15) is 0 Å². The molecule has 5 aromatic rings. The van der Waals surface area contributed by atoms with Gasteiger partial charge in [-0.25, -0.2) is 4.98 Å². The molecule has 0 radical (unpaired) electrons. The molecule has 7 nitrogen and oxygen atoms in total. The first-order valence-corrected chi connectivity index (χ1v) is 13.1. The summed E-state index contributed by atoms with van der Waals surface area (Å²) in [4.78, 5) is 21.3. The maximum atomic E-state index is 12.2. The number of thioether (sulfide) groups is 1. The minimum atomic E-state index is 0.0549. The Hall–Kier alpha value is -3.78. The van der Waals surface area contributed by atoms with Gasteiger partial charge in [-0.3, -0.25) is 9.78 Å². The van der Waals surface area contributed by atoms with Crippen LogP contribution in [0.1, 0.15) is 29.7 Å². The van der Waals surface area contributed by atoms with E-state index >= 15 is 0 Å². The summed E-state index contributed by atoms with van der Waals surface area (Å²) in [6.45, 7) is 3.40. The van der Waals surface area contributed by atoms with Crippen LogP contribution < -0.4 is 5.32 Å². The molecule has 3 aromatic heterocycles. The van der Waals surface area contributed by atoms with Gasteiger partial charge < -0.3 is 9.88 Å². The summed E-state index contributed by atoms with van der Waals surface area (Å²) in [6.07, 6.45) is 3.72. The van der Waals surface area contributed by atoms with Crippen molar-refractivity contribution in [3.63, 3.8) is 0 Å². The second kappa shape index (κ2) is 11.3. The van der Waals surface area contributed by atoms with Gasteiger partial charge >= 0.3 is 0 Å². The minimum Gasteiger partial charge on any atom is -0.356 e. The molecule has 182 valence electrons. The Morgan fingerprint density at radius 2 is 1.83 bits per heavy atom. The van der Waals surface area contributed by atoms with E-state index < -0.39 is 0 Å². The number of benzene rings is 2. The van der Waals surface area contributed by atoms with E-state index in [2.05, 4.69) is 68.4 Å². The number of nitrogens with one attached hydrogen (secondary N) is 1. The van der Waals surface area contributed by atoms with Crippen LogP contribution in [0.5, 0.6) is 0 Å². The highest BCUT2D eigenvalue weighted by atomic mass is 32.2. The van der Waals surface area contributed by atoms with E-state index in [0.29, 0.717) is 24.7 Å². The van der Waals surface area contributed by atoms with Crippen molar-refractivity contribution < 1.29 is 4.79 Å². The van der Waals surface area contributed by atoms with Crippen LogP contribution in [0, 0.1) is 6.92 Å². The molecule has 0 bridgehead atoms. The minimum absolute atomic E-state index is 0.0549. The van der Waals surface area contributed by atoms with Gasteiger partial charge in [0.25, 0.3) is 0 Å². The molecule has 3 heterocycles. The largest absolute Gasteiger partial charge is 0.356 e. The molecule has 8 heteroatoms. The highest BCUT2D eigenvalue weighted by Gasteiger charge is 2.15. The van der Waals surface area contributed by atoms with Crippen LogP contribution in [0.15, 0.2) is 78.1 Å². The van der Waals surface area contributed by atoms with Crippen LogP contribution in [0.25, 0.3) is 22.1 Å². The topological polar surface area (TPSA) is 85.6 Å². The SMILES string of the molecule is Cc1ccc(Cn2c3ccccc3c3nnc(SCCCC(=O)NCCc4ccccn4)nc32)cc1. The van der Waals surface area contributed by atoms with Gasteiger partial charge in [0, 0.05) is 49.0 Å². The fourth-order valence-corrected chi connectivity index (χ4v) is 4.87. The summed E-state index contributed by atoms with van der Waals surface area (Å²) in [6, 6.07) is 22.6. The molecule has 1 N–H and O–H groups in total. The Labute approximate surface area is 214 Å². The Morgan fingerprint density at radius 3 is 2.67 bits per heavy atom. The van der Waals surface area contributed by atoms with Crippen molar-refractivity contribution in [2.24, 2.45) is 0 Å². The maximum Gasteiger partial charge on any atom is 0.220 e. The number of pyridine rings is 1. The zero-order valence-corrected chi connectivity index (χ0v) is 21.0. The highest BCUT2D eigenvalue weighted by Crippen LogP contribution is 2.28. The van der Waals surface area contributed by atoms with E-state index in [4.69, 9.17) is 4.98 Å². The second-order valence-corrected chi connectivity index (χ2v) is 9.79. The van der Waals surface area contributed by atoms with Crippen LogP contribution in [-0.4, -0.2) is 42.9 Å². The van der Waals surface area contributed by atoms with Gasteiger partial charge in [-0.05, 0) is 37.1 Å². The Bertz CT molecular complexity index is 1470. The van der Waals surface area contributed by atoms with Crippen molar-refractivity contribution in [2.45, 2.75) is 37.9 Å². The number of para-hydroxylation sites is 1. The number of rotatable bonds is 10. The summed E-state index contributed by atoms with van der Waals surface area (Å²) in [5, 5.41) is 13.6. The number of hydrogen-bond acceptors (Lipinski definition) is 6. The lowest BCUT2D eigenvalue weighted by Gasteiger charge is -2.08. The van der Waals surface area contributed by atoms with Crippen molar-refractivity contribution >= 4 is 39.7 Å². The number of amides is 1. The number of aryl methyl sites for hydroxylation is 1. The van der Waals surface area contributed by atoms with Gasteiger partial charge in [0.15, 0.2) is 5.65 Å². The third-order valence-corrected chi connectivity index (χ3v) is 6.95. The molecule has 0 aliphatic carbocycles. The van der Waals surface area contributed by atoms with Gasteiger partial charge in [0.05, 0.1) is 5.52 Å². The molecule has 0 aliphatic heterocycles. The van der Waals surface area contributed by atoms with Crippen LogP contribution in [0.3, 0.4) is 0 Å². The first-order chi connectivity index (χ1) is 17.7. The average molecular weight is 497 g/mol. The molecule has 1 amide bonds. The van der Waals surface area contributed by atoms with E-state index in [1.54, 1.807) is 6.20 Å². The third-order valence-electron chi connectivity index (χ3n) is 6.02. The number of carbonyl (C=O) groups is 1. The average Bonchev–Trinajstić information content (AvgIpc) is 3.21. The molecular formula is C28H28N6OS. The molecule has 36 heavy (non-hydrogen) atoms. The molecule has 0 atom stereocenters. The molecule has 2 aromatic carbocycles. The number of nitrogens with zero attached hydrogens (tertiary/aromatic N) is 5. The number of fused-ring (bicyclic) bond motifs is 3. The molecule has 0 fully saturated rings. The molecule has 0 aliphatic rings. The van der Waals surface area contributed by atoms with E-state index in [9.17, 15) is 4.79 Å². The fourth-order valence-electron chi connectivity index (χ4n) is 4.15. The molecular weight excluding hydrogens is 468 g/mol. The monoisotopic (exact) mass is 496 g/mol. The lowest BCUT2D eigenvalue weighted by atomic mass is 10.1. The lowest BCUT2D eigenvalue weighted by Crippen LogP contribution is -2.25. The van der Waals surface area contributed by atoms with Crippen LogP contribution in [0.4, 0.5) is 0 Å². The molecule has 0 unspecified atom stereocenters. The van der Waals surface area contributed by atoms with E-state index in [1.807, 2.05) is 30.3 Å². The Kier molecular flexibility index (Phi) is 7.52. The highest BCUT2D eigenvalue weighted by molar-refractivity contribution is 7.99. The van der Waals surface area contributed by atoms with E-state index in [1.165, 1.54) is 22.9 Å². The number of hydrogen-bond donors (Lipinski definition) is 1. The van der Waals surface area contributed by atoms with Gasteiger partial charge in [0.2, 0.25) is 11.1 Å². The summed E-state index contributed by atoms with van der Waals surface area (Å²) >= 11 is 1.54. The summed E-state index contributed by atoms with van der Waals surface area (Å²) < 4.78 is 2.21. The Balaban J connectivity index is 1.21. The van der Waals surface area contributed by atoms with Crippen LogP contribution in [0.2, 0.25) is 0 Å². The number of aromatic nitrogens is 5. The van der Waals surface area contributed by atoms with Crippen molar-refractivity contribution in [1.29, 1.82) is 0 Å². The van der Waals surface area contributed by atoms with Crippen LogP contribution in [-0.2, 0) is 17.8 Å². The third kappa shape index (κ3) is 5.71. The zero-order valence-electron chi connectivity index (χ0n) is 20.2. The molecule has 5 rings (SSSR count). The van der Waals surface area contributed by atoms with Crippen molar-refractivity contribution in [1.82, 2.24) is 30.0 Å². The quantitative estimate of drug-likeness (QED) is 0.217. The second-order valence-electron chi connectivity index (χ2n) is 8.73. The van der Waals surface area contributed by atoms with Crippen molar-refractivity contribution in [3.05, 3.63) is 89.7 Å². The molecule has 0 saturated heterocycles. The lowest BCUT2D eigenvalue weighted by molar-refractivity contribution is -0.121. The number of carbonyl (C=O) groups excluding carboxylic acids is 1. The normalized spacial score (nSPS) is 11.2. The summed E-state index contributed by atoms with van der Waals surface area (Å²) in [5.74, 6) is 0.804. The molecule has 0 saturated carbocycles. The van der Waals surface area contributed by atoms with E-state index in [-0.39, 0.29) is 5.91 Å². The zero-order chi connectivity index (χ0) is 24.7.